The van der Waals surface area contributed by atoms with Gasteiger partial charge in [-0.15, -0.1) is 11.3 Å². The van der Waals surface area contributed by atoms with E-state index in [1.165, 1.54) is 11.3 Å². The number of rotatable bonds is 4. The molecular formula is C10H15NOS. The molecule has 3 heteroatoms. The molecule has 2 N–H and O–H groups in total. The van der Waals surface area contributed by atoms with Crippen LogP contribution in [0, 0.1) is 0 Å². The minimum absolute atomic E-state index is 0.392. The third kappa shape index (κ3) is 2.30. The van der Waals surface area contributed by atoms with E-state index in [4.69, 9.17) is 0 Å². The predicted molar refractivity (Wildman–Crippen MR) is 54.8 cm³/mol. The van der Waals surface area contributed by atoms with Crippen LogP contribution in [0.4, 0.5) is 0 Å². The van der Waals surface area contributed by atoms with Crippen molar-refractivity contribution in [3.8, 4) is 0 Å². The fourth-order valence-corrected chi connectivity index (χ4v) is 2.27. The summed E-state index contributed by atoms with van der Waals surface area (Å²) in [5.74, 6) is 0. The molecule has 0 amide bonds. The second kappa shape index (κ2) is 3.78. The summed E-state index contributed by atoms with van der Waals surface area (Å²) >= 11 is 1.75. The topological polar surface area (TPSA) is 32.3 Å². The quantitative estimate of drug-likeness (QED) is 0.771. The van der Waals surface area contributed by atoms with Crippen molar-refractivity contribution in [1.29, 1.82) is 0 Å². The van der Waals surface area contributed by atoms with E-state index in [2.05, 4.69) is 22.8 Å². The molecular weight excluding hydrogens is 182 g/mol. The number of nitrogens with one attached hydrogen (secondary N) is 1. The summed E-state index contributed by atoms with van der Waals surface area (Å²) in [6.45, 7) is 1.63. The molecule has 72 valence electrons. The first-order valence-electron chi connectivity index (χ1n) is 4.74. The monoisotopic (exact) mass is 197 g/mol. The van der Waals surface area contributed by atoms with E-state index in [1.807, 2.05) is 0 Å². The first kappa shape index (κ1) is 9.19. The Morgan fingerprint density at radius 1 is 1.54 bits per heavy atom. The Morgan fingerprint density at radius 2 is 2.38 bits per heavy atom. The molecule has 1 aliphatic carbocycles. The van der Waals surface area contributed by atoms with Crippen molar-refractivity contribution in [2.24, 2.45) is 0 Å². The van der Waals surface area contributed by atoms with Gasteiger partial charge in [0.25, 0.3) is 0 Å². The van der Waals surface area contributed by atoms with Crippen LogP contribution in [0.15, 0.2) is 17.5 Å². The maximum absolute atomic E-state index is 9.78. The first-order valence-corrected chi connectivity index (χ1v) is 5.62. The largest absolute Gasteiger partial charge is 0.389 e. The molecule has 1 saturated carbocycles. The van der Waals surface area contributed by atoms with Gasteiger partial charge in [-0.3, -0.25) is 0 Å². The van der Waals surface area contributed by atoms with E-state index in [1.54, 1.807) is 11.3 Å². The summed E-state index contributed by atoms with van der Waals surface area (Å²) in [6.07, 6.45) is 3.10. The minimum atomic E-state index is -0.392. The summed E-state index contributed by atoms with van der Waals surface area (Å²) < 4.78 is 0. The lowest BCUT2D eigenvalue weighted by Crippen LogP contribution is -2.45. The van der Waals surface area contributed by atoms with Gasteiger partial charge in [0, 0.05) is 18.0 Å². The number of thiophene rings is 1. The normalized spacial score (nSPS) is 19.8. The zero-order chi connectivity index (χ0) is 9.15. The average Bonchev–Trinajstić information content (AvgIpc) is 2.54. The number of hydrogen-bond donors (Lipinski definition) is 2. The Hall–Kier alpha value is -0.380. The van der Waals surface area contributed by atoms with E-state index in [9.17, 15) is 5.11 Å². The molecule has 0 radical (unpaired) electrons. The van der Waals surface area contributed by atoms with Crippen molar-refractivity contribution in [3.05, 3.63) is 22.4 Å². The molecule has 0 atom stereocenters. The molecule has 1 fully saturated rings. The molecule has 1 heterocycles. The minimum Gasteiger partial charge on any atom is -0.389 e. The van der Waals surface area contributed by atoms with Gasteiger partial charge in [-0.2, -0.15) is 0 Å². The van der Waals surface area contributed by atoms with E-state index in [-0.39, 0.29) is 0 Å². The van der Waals surface area contributed by atoms with Gasteiger partial charge in [0.1, 0.15) is 0 Å². The van der Waals surface area contributed by atoms with Crippen LogP contribution in [0.25, 0.3) is 0 Å². The van der Waals surface area contributed by atoms with Crippen molar-refractivity contribution >= 4 is 11.3 Å². The number of hydrogen-bond acceptors (Lipinski definition) is 3. The molecule has 1 aromatic rings. The third-order valence-electron chi connectivity index (χ3n) is 2.62. The van der Waals surface area contributed by atoms with E-state index < -0.39 is 5.60 Å². The van der Waals surface area contributed by atoms with Crippen molar-refractivity contribution in [3.63, 3.8) is 0 Å². The van der Waals surface area contributed by atoms with Crippen molar-refractivity contribution in [2.45, 2.75) is 31.4 Å². The Bertz CT molecular complexity index is 254. The molecule has 0 aliphatic heterocycles. The van der Waals surface area contributed by atoms with Crippen molar-refractivity contribution in [2.75, 3.05) is 6.54 Å². The first-order chi connectivity index (χ1) is 6.29. The van der Waals surface area contributed by atoms with Gasteiger partial charge in [-0.25, -0.2) is 0 Å². The highest BCUT2D eigenvalue weighted by molar-refractivity contribution is 7.09. The van der Waals surface area contributed by atoms with Gasteiger partial charge < -0.3 is 10.4 Å². The van der Waals surface area contributed by atoms with Gasteiger partial charge in [0.15, 0.2) is 0 Å². The average molecular weight is 197 g/mol. The van der Waals surface area contributed by atoms with Crippen LogP contribution in [-0.2, 0) is 6.54 Å². The molecule has 0 saturated heterocycles. The molecule has 2 nitrogen and oxygen atoms in total. The second-order valence-electron chi connectivity index (χ2n) is 3.76. The van der Waals surface area contributed by atoms with Gasteiger partial charge >= 0.3 is 0 Å². The molecule has 0 spiro atoms. The Morgan fingerprint density at radius 3 is 2.92 bits per heavy atom. The highest BCUT2D eigenvalue weighted by Crippen LogP contribution is 2.30. The lowest BCUT2D eigenvalue weighted by atomic mass is 9.80. The van der Waals surface area contributed by atoms with Gasteiger partial charge in [-0.1, -0.05) is 6.07 Å². The molecule has 1 aliphatic rings. The molecule has 0 bridgehead atoms. The fourth-order valence-electron chi connectivity index (χ4n) is 1.59. The molecule has 0 unspecified atom stereocenters. The summed E-state index contributed by atoms with van der Waals surface area (Å²) in [7, 11) is 0. The second-order valence-corrected chi connectivity index (χ2v) is 4.79. The highest BCUT2D eigenvalue weighted by atomic mass is 32.1. The summed E-state index contributed by atoms with van der Waals surface area (Å²) in [6, 6.07) is 4.17. The maximum atomic E-state index is 9.78. The van der Waals surface area contributed by atoms with E-state index >= 15 is 0 Å². The SMILES string of the molecule is OC1(CNCc2cccs2)CCC1. The van der Waals surface area contributed by atoms with E-state index in [0.717, 1.165) is 25.9 Å². The van der Waals surface area contributed by atoms with Crippen LogP contribution in [0.3, 0.4) is 0 Å². The van der Waals surface area contributed by atoms with Crippen LogP contribution >= 0.6 is 11.3 Å². The predicted octanol–water partition coefficient (Wildman–Crippen LogP) is 1.75. The zero-order valence-electron chi connectivity index (χ0n) is 7.62. The molecule has 0 aromatic carbocycles. The van der Waals surface area contributed by atoms with E-state index in [0.29, 0.717) is 0 Å². The summed E-state index contributed by atoms with van der Waals surface area (Å²) in [5, 5.41) is 15.1. The molecule has 2 rings (SSSR count). The zero-order valence-corrected chi connectivity index (χ0v) is 8.44. The smallest absolute Gasteiger partial charge is 0.0771 e. The summed E-state index contributed by atoms with van der Waals surface area (Å²) in [5.41, 5.74) is -0.392. The Labute approximate surface area is 82.6 Å². The Balaban J connectivity index is 1.69. The van der Waals surface area contributed by atoms with Crippen molar-refractivity contribution < 1.29 is 5.11 Å². The molecule has 1 aromatic heterocycles. The fraction of sp³-hybridized carbons (Fsp3) is 0.600. The summed E-state index contributed by atoms with van der Waals surface area (Å²) in [4.78, 5) is 1.34. The number of aliphatic hydroxyl groups is 1. The third-order valence-corrected chi connectivity index (χ3v) is 3.49. The lowest BCUT2D eigenvalue weighted by molar-refractivity contribution is -0.0314. The van der Waals surface area contributed by atoms with Crippen LogP contribution in [0.2, 0.25) is 0 Å². The van der Waals surface area contributed by atoms with Gasteiger partial charge in [0.2, 0.25) is 0 Å². The van der Waals surface area contributed by atoms with Crippen molar-refractivity contribution in [1.82, 2.24) is 5.32 Å². The van der Waals surface area contributed by atoms with Crippen LogP contribution in [0.5, 0.6) is 0 Å². The molecule has 13 heavy (non-hydrogen) atoms. The standard InChI is InChI=1S/C10H15NOS/c12-10(4-2-5-10)8-11-7-9-3-1-6-13-9/h1,3,6,11-12H,2,4-5,7-8H2. The van der Waals surface area contributed by atoms with Crippen LogP contribution in [-0.4, -0.2) is 17.3 Å². The van der Waals surface area contributed by atoms with Gasteiger partial charge in [0.05, 0.1) is 5.60 Å². The Kier molecular flexibility index (Phi) is 2.67. The lowest BCUT2D eigenvalue weighted by Gasteiger charge is -2.36. The highest BCUT2D eigenvalue weighted by Gasteiger charge is 2.33. The van der Waals surface area contributed by atoms with Crippen LogP contribution in [0.1, 0.15) is 24.1 Å². The van der Waals surface area contributed by atoms with Crippen LogP contribution < -0.4 is 5.32 Å². The maximum Gasteiger partial charge on any atom is 0.0771 e. The van der Waals surface area contributed by atoms with Gasteiger partial charge in [-0.05, 0) is 30.7 Å².